The fourth-order valence-corrected chi connectivity index (χ4v) is 2.65. The number of hydrogen-bond donors (Lipinski definition) is 0. The number of para-hydroxylation sites is 1. The molecule has 1 aliphatic heterocycles. The molecule has 5 heteroatoms. The predicted molar refractivity (Wildman–Crippen MR) is 53.5 cm³/mol. The lowest BCUT2D eigenvalue weighted by Gasteiger charge is -2.28. The van der Waals surface area contributed by atoms with E-state index in [0.717, 1.165) is 0 Å². The van der Waals surface area contributed by atoms with Gasteiger partial charge in [-0.25, -0.2) is 8.42 Å². The molecule has 1 fully saturated rings. The fourth-order valence-electron chi connectivity index (χ4n) is 1.40. The standard InChI is InChI=1S/C9H11NO3S/c11-14(12)8-13-7-6-10(14)9-4-2-1-3-5-9/h1-5H,6-8H2. The lowest BCUT2D eigenvalue weighted by molar-refractivity contribution is 0.175. The lowest BCUT2D eigenvalue weighted by Crippen LogP contribution is -2.41. The maximum atomic E-state index is 11.6. The van der Waals surface area contributed by atoms with Gasteiger partial charge >= 0.3 is 0 Å². The summed E-state index contributed by atoms with van der Waals surface area (Å²) in [7, 11) is -3.27. The summed E-state index contributed by atoms with van der Waals surface area (Å²) in [6.45, 7) is 0.848. The van der Waals surface area contributed by atoms with E-state index in [1.54, 1.807) is 12.1 Å². The molecule has 0 radical (unpaired) electrons. The Morgan fingerprint density at radius 1 is 1.21 bits per heavy atom. The molecule has 0 unspecified atom stereocenters. The number of benzene rings is 1. The predicted octanol–water partition coefficient (Wildman–Crippen LogP) is 0.810. The zero-order chi connectivity index (χ0) is 10.0. The Balaban J connectivity index is 2.34. The van der Waals surface area contributed by atoms with Crippen molar-refractivity contribution in [2.75, 3.05) is 23.4 Å². The van der Waals surface area contributed by atoms with Gasteiger partial charge in [0.25, 0.3) is 10.0 Å². The number of hydrogen-bond acceptors (Lipinski definition) is 3. The molecular weight excluding hydrogens is 202 g/mol. The summed E-state index contributed by atoms with van der Waals surface area (Å²) in [6.07, 6.45) is 0. The summed E-state index contributed by atoms with van der Waals surface area (Å²) in [5.74, 6) is -0.220. The van der Waals surface area contributed by atoms with E-state index in [1.165, 1.54) is 4.31 Å². The van der Waals surface area contributed by atoms with Crippen LogP contribution in [0.5, 0.6) is 0 Å². The summed E-state index contributed by atoms with van der Waals surface area (Å²) in [4.78, 5) is 0. The minimum Gasteiger partial charge on any atom is -0.362 e. The molecule has 0 aliphatic carbocycles. The normalized spacial score (nSPS) is 20.7. The van der Waals surface area contributed by atoms with Gasteiger partial charge in [0.2, 0.25) is 0 Å². The third-order valence-corrected chi connectivity index (χ3v) is 3.58. The van der Waals surface area contributed by atoms with Crippen LogP contribution >= 0.6 is 0 Å². The van der Waals surface area contributed by atoms with Crippen molar-refractivity contribution in [1.29, 1.82) is 0 Å². The van der Waals surface area contributed by atoms with Gasteiger partial charge in [-0.05, 0) is 12.1 Å². The molecule has 2 rings (SSSR count). The minimum atomic E-state index is -3.27. The highest BCUT2D eigenvalue weighted by Crippen LogP contribution is 2.19. The number of sulfonamides is 1. The average Bonchev–Trinajstić information content (AvgIpc) is 2.18. The molecule has 0 atom stereocenters. The van der Waals surface area contributed by atoms with Crippen LogP contribution in [0.25, 0.3) is 0 Å². The Kier molecular flexibility index (Phi) is 2.43. The average molecular weight is 213 g/mol. The van der Waals surface area contributed by atoms with Crippen LogP contribution in [0, 0.1) is 0 Å². The van der Waals surface area contributed by atoms with Gasteiger partial charge in [0.15, 0.2) is 5.94 Å². The first-order chi connectivity index (χ1) is 6.70. The van der Waals surface area contributed by atoms with Crippen LogP contribution in [0.15, 0.2) is 30.3 Å². The van der Waals surface area contributed by atoms with E-state index in [0.29, 0.717) is 18.8 Å². The second-order valence-corrected chi connectivity index (χ2v) is 4.89. The topological polar surface area (TPSA) is 46.6 Å². The SMILES string of the molecule is O=S1(=O)COCCN1c1ccccc1. The van der Waals surface area contributed by atoms with E-state index in [2.05, 4.69) is 0 Å². The molecule has 1 saturated heterocycles. The first kappa shape index (κ1) is 9.48. The Labute approximate surface area is 83.2 Å². The molecule has 0 N–H and O–H groups in total. The van der Waals surface area contributed by atoms with E-state index in [4.69, 9.17) is 4.74 Å². The number of nitrogens with zero attached hydrogens (tertiary/aromatic N) is 1. The Morgan fingerprint density at radius 2 is 1.93 bits per heavy atom. The molecular formula is C9H11NO3S. The van der Waals surface area contributed by atoms with Crippen molar-refractivity contribution >= 4 is 15.7 Å². The van der Waals surface area contributed by atoms with E-state index in [-0.39, 0.29) is 5.94 Å². The van der Waals surface area contributed by atoms with Crippen LogP contribution in [0.1, 0.15) is 0 Å². The molecule has 1 aliphatic rings. The lowest BCUT2D eigenvalue weighted by atomic mass is 10.3. The van der Waals surface area contributed by atoms with E-state index < -0.39 is 10.0 Å². The third kappa shape index (κ3) is 1.73. The number of rotatable bonds is 1. The highest BCUT2D eigenvalue weighted by Gasteiger charge is 2.26. The molecule has 1 heterocycles. The van der Waals surface area contributed by atoms with Gasteiger partial charge in [-0.15, -0.1) is 0 Å². The molecule has 1 aromatic carbocycles. The van der Waals surface area contributed by atoms with Gasteiger partial charge in [0, 0.05) is 0 Å². The van der Waals surface area contributed by atoms with E-state index >= 15 is 0 Å². The Morgan fingerprint density at radius 3 is 2.57 bits per heavy atom. The van der Waals surface area contributed by atoms with Crippen molar-refractivity contribution in [3.05, 3.63) is 30.3 Å². The molecule has 1 aromatic rings. The van der Waals surface area contributed by atoms with Gasteiger partial charge < -0.3 is 4.74 Å². The number of anilines is 1. The van der Waals surface area contributed by atoms with Crippen molar-refractivity contribution in [1.82, 2.24) is 0 Å². The van der Waals surface area contributed by atoms with E-state index in [1.807, 2.05) is 18.2 Å². The monoisotopic (exact) mass is 213 g/mol. The first-order valence-corrected chi connectivity index (χ1v) is 5.94. The fraction of sp³-hybridized carbons (Fsp3) is 0.333. The molecule has 14 heavy (non-hydrogen) atoms. The summed E-state index contributed by atoms with van der Waals surface area (Å²) in [5.41, 5.74) is 0.704. The van der Waals surface area contributed by atoms with Crippen molar-refractivity contribution < 1.29 is 13.2 Å². The quantitative estimate of drug-likeness (QED) is 0.693. The van der Waals surface area contributed by atoms with Crippen LogP contribution in [0.4, 0.5) is 5.69 Å². The van der Waals surface area contributed by atoms with E-state index in [9.17, 15) is 8.42 Å². The van der Waals surface area contributed by atoms with Gasteiger partial charge in [-0.3, -0.25) is 4.31 Å². The first-order valence-electron chi connectivity index (χ1n) is 4.33. The van der Waals surface area contributed by atoms with Crippen molar-refractivity contribution in [2.45, 2.75) is 0 Å². The van der Waals surface area contributed by atoms with Crippen molar-refractivity contribution in [2.24, 2.45) is 0 Å². The third-order valence-electron chi connectivity index (χ3n) is 2.05. The summed E-state index contributed by atoms with van der Waals surface area (Å²) >= 11 is 0. The van der Waals surface area contributed by atoms with Crippen LogP contribution in [-0.2, 0) is 14.8 Å². The molecule has 0 spiro atoms. The maximum Gasteiger partial charge on any atom is 0.259 e. The summed E-state index contributed by atoms with van der Waals surface area (Å²) < 4.78 is 29.5. The summed E-state index contributed by atoms with van der Waals surface area (Å²) in [6, 6.07) is 9.06. The Hall–Kier alpha value is -1.07. The van der Waals surface area contributed by atoms with Crippen LogP contribution in [0.2, 0.25) is 0 Å². The van der Waals surface area contributed by atoms with Gasteiger partial charge in [0.1, 0.15) is 0 Å². The summed E-state index contributed by atoms with van der Waals surface area (Å²) in [5, 5.41) is 0. The van der Waals surface area contributed by atoms with Crippen molar-refractivity contribution in [3.8, 4) is 0 Å². The van der Waals surface area contributed by atoms with Crippen LogP contribution < -0.4 is 4.31 Å². The molecule has 76 valence electrons. The van der Waals surface area contributed by atoms with Gasteiger partial charge in [-0.2, -0.15) is 0 Å². The van der Waals surface area contributed by atoms with Gasteiger partial charge in [-0.1, -0.05) is 18.2 Å². The second kappa shape index (κ2) is 3.59. The molecule has 4 nitrogen and oxygen atoms in total. The minimum absolute atomic E-state index is 0.220. The van der Waals surface area contributed by atoms with Crippen LogP contribution in [0.3, 0.4) is 0 Å². The zero-order valence-corrected chi connectivity index (χ0v) is 8.40. The molecule has 0 aromatic heterocycles. The second-order valence-electron chi connectivity index (χ2n) is 3.05. The smallest absolute Gasteiger partial charge is 0.259 e. The Bertz CT molecular complexity index is 401. The van der Waals surface area contributed by atoms with Crippen LogP contribution in [-0.4, -0.2) is 27.5 Å². The molecule has 0 amide bonds. The number of ether oxygens (including phenoxy) is 1. The zero-order valence-electron chi connectivity index (χ0n) is 7.59. The highest BCUT2D eigenvalue weighted by atomic mass is 32.2. The largest absolute Gasteiger partial charge is 0.362 e. The maximum absolute atomic E-state index is 11.6. The molecule has 0 saturated carbocycles. The highest BCUT2D eigenvalue weighted by molar-refractivity contribution is 7.92. The molecule has 0 bridgehead atoms. The van der Waals surface area contributed by atoms with Crippen molar-refractivity contribution in [3.63, 3.8) is 0 Å². The van der Waals surface area contributed by atoms with Gasteiger partial charge in [0.05, 0.1) is 18.8 Å².